The second-order valence-electron chi connectivity index (χ2n) is 6.93. The van der Waals surface area contributed by atoms with Gasteiger partial charge in [-0.15, -0.1) is 0 Å². The van der Waals surface area contributed by atoms with Gasteiger partial charge in [-0.2, -0.15) is 0 Å². The minimum absolute atomic E-state index is 0.115. The summed E-state index contributed by atoms with van der Waals surface area (Å²) in [5.74, 6) is 0.168. The van der Waals surface area contributed by atoms with E-state index in [4.69, 9.17) is 9.47 Å². The Balaban J connectivity index is 1.46. The van der Waals surface area contributed by atoms with Crippen LogP contribution < -0.4 is 10.1 Å². The van der Waals surface area contributed by atoms with Gasteiger partial charge in [-0.1, -0.05) is 6.42 Å². The molecule has 2 aliphatic carbocycles. The number of carbonyl (C=O) groups is 1. The highest BCUT2D eigenvalue weighted by Gasteiger charge is 2.59. The zero-order chi connectivity index (χ0) is 16.7. The lowest BCUT2D eigenvalue weighted by Crippen LogP contribution is -2.67. The maximum absolute atomic E-state index is 13.4. The molecule has 1 heterocycles. The number of benzene rings is 1. The SMILES string of the molecule is CCO[C@H]1C[C@H](NC(=O)C2=Cc3cc(F)ccc3OC2)C12CCC2. The summed E-state index contributed by atoms with van der Waals surface area (Å²) >= 11 is 0. The number of hydrogen-bond donors (Lipinski definition) is 1. The van der Waals surface area contributed by atoms with Crippen LogP contribution in [0.15, 0.2) is 23.8 Å². The number of amides is 1. The van der Waals surface area contributed by atoms with Gasteiger partial charge in [0.1, 0.15) is 18.2 Å². The van der Waals surface area contributed by atoms with Crippen molar-refractivity contribution in [3.05, 3.63) is 35.2 Å². The molecule has 1 aromatic carbocycles. The van der Waals surface area contributed by atoms with Crippen molar-refractivity contribution in [1.29, 1.82) is 0 Å². The Kier molecular flexibility index (Phi) is 3.83. The summed E-state index contributed by atoms with van der Waals surface area (Å²) in [5, 5.41) is 3.15. The number of halogens is 1. The number of fused-ring (bicyclic) bond motifs is 1. The number of nitrogens with one attached hydrogen (secondary N) is 1. The van der Waals surface area contributed by atoms with E-state index in [0.717, 1.165) is 19.3 Å². The second-order valence-corrected chi connectivity index (χ2v) is 6.93. The Bertz CT molecular complexity index is 696. The summed E-state index contributed by atoms with van der Waals surface area (Å²) in [5.41, 5.74) is 1.29. The van der Waals surface area contributed by atoms with Crippen LogP contribution in [0.25, 0.3) is 6.08 Å². The van der Waals surface area contributed by atoms with Crippen LogP contribution in [0.5, 0.6) is 5.75 Å². The number of rotatable bonds is 4. The summed E-state index contributed by atoms with van der Waals surface area (Å²) in [6, 6.07) is 4.52. The largest absolute Gasteiger partial charge is 0.488 e. The third-order valence-electron chi connectivity index (χ3n) is 5.72. The normalized spacial score (nSPS) is 26.5. The predicted molar refractivity (Wildman–Crippen MR) is 88.1 cm³/mol. The molecule has 1 aromatic rings. The fraction of sp³-hybridized carbons (Fsp3) is 0.526. The lowest BCUT2D eigenvalue weighted by molar-refractivity contribution is -0.175. The number of hydrogen-bond acceptors (Lipinski definition) is 3. The zero-order valence-corrected chi connectivity index (χ0v) is 13.8. The standard InChI is InChI=1S/C19H22FNO3/c1-2-23-17-10-16(19(17)6-3-7-19)21-18(22)13-8-12-9-14(20)4-5-15(12)24-11-13/h4-5,8-9,16-17H,2-3,6-7,10-11H2,1H3,(H,21,22)/t16-,17-/m0/s1. The van der Waals surface area contributed by atoms with Gasteiger partial charge in [0, 0.05) is 23.6 Å². The van der Waals surface area contributed by atoms with E-state index in [9.17, 15) is 9.18 Å². The maximum atomic E-state index is 13.4. The molecule has 2 fully saturated rings. The van der Waals surface area contributed by atoms with Crippen molar-refractivity contribution in [2.24, 2.45) is 5.41 Å². The predicted octanol–water partition coefficient (Wildman–Crippen LogP) is 3.07. The van der Waals surface area contributed by atoms with E-state index >= 15 is 0 Å². The molecule has 1 amide bonds. The van der Waals surface area contributed by atoms with Crippen LogP contribution in [0, 0.1) is 11.2 Å². The Morgan fingerprint density at radius 1 is 1.46 bits per heavy atom. The van der Waals surface area contributed by atoms with Gasteiger partial charge in [0.2, 0.25) is 0 Å². The van der Waals surface area contributed by atoms with E-state index in [1.165, 1.54) is 18.6 Å². The minimum Gasteiger partial charge on any atom is -0.488 e. The maximum Gasteiger partial charge on any atom is 0.250 e. The van der Waals surface area contributed by atoms with E-state index in [0.29, 0.717) is 23.5 Å². The van der Waals surface area contributed by atoms with E-state index in [1.54, 1.807) is 12.1 Å². The van der Waals surface area contributed by atoms with Crippen LogP contribution in [-0.2, 0) is 9.53 Å². The third-order valence-corrected chi connectivity index (χ3v) is 5.72. The van der Waals surface area contributed by atoms with Crippen LogP contribution in [0.2, 0.25) is 0 Å². The third kappa shape index (κ3) is 2.42. The van der Waals surface area contributed by atoms with Crippen LogP contribution in [0.3, 0.4) is 0 Å². The van der Waals surface area contributed by atoms with E-state index in [1.807, 2.05) is 6.92 Å². The Hall–Kier alpha value is -1.88. The van der Waals surface area contributed by atoms with Crippen LogP contribution >= 0.6 is 0 Å². The molecule has 5 heteroatoms. The van der Waals surface area contributed by atoms with Gasteiger partial charge in [0.25, 0.3) is 5.91 Å². The van der Waals surface area contributed by atoms with Gasteiger partial charge >= 0.3 is 0 Å². The molecule has 128 valence electrons. The van der Waals surface area contributed by atoms with Crippen molar-refractivity contribution in [3.8, 4) is 5.75 Å². The molecule has 0 aromatic heterocycles. The first-order valence-electron chi connectivity index (χ1n) is 8.68. The summed E-state index contributed by atoms with van der Waals surface area (Å²) in [6.07, 6.45) is 6.31. The summed E-state index contributed by atoms with van der Waals surface area (Å²) in [6.45, 7) is 2.95. The highest BCUT2D eigenvalue weighted by molar-refractivity contribution is 5.99. The van der Waals surface area contributed by atoms with Gasteiger partial charge in [-0.25, -0.2) is 4.39 Å². The van der Waals surface area contributed by atoms with Gasteiger partial charge in [-0.05, 0) is 50.5 Å². The Morgan fingerprint density at radius 3 is 3.00 bits per heavy atom. The first-order chi connectivity index (χ1) is 11.6. The smallest absolute Gasteiger partial charge is 0.250 e. The van der Waals surface area contributed by atoms with E-state index in [-0.39, 0.29) is 35.9 Å². The van der Waals surface area contributed by atoms with Gasteiger partial charge < -0.3 is 14.8 Å². The van der Waals surface area contributed by atoms with E-state index in [2.05, 4.69) is 5.32 Å². The number of carbonyl (C=O) groups excluding carboxylic acids is 1. The summed E-state index contributed by atoms with van der Waals surface area (Å²) < 4.78 is 24.8. The molecule has 3 aliphatic rings. The molecular weight excluding hydrogens is 309 g/mol. The minimum atomic E-state index is -0.331. The molecule has 0 saturated heterocycles. The average molecular weight is 331 g/mol. The van der Waals surface area contributed by atoms with Crippen LogP contribution in [0.1, 0.15) is 38.2 Å². The molecule has 0 unspecified atom stereocenters. The Morgan fingerprint density at radius 2 is 2.29 bits per heavy atom. The molecule has 0 radical (unpaired) electrons. The molecule has 1 spiro atoms. The quantitative estimate of drug-likeness (QED) is 0.922. The van der Waals surface area contributed by atoms with Crippen LogP contribution in [0.4, 0.5) is 4.39 Å². The van der Waals surface area contributed by atoms with Crippen LogP contribution in [-0.4, -0.2) is 31.3 Å². The van der Waals surface area contributed by atoms with Crippen molar-refractivity contribution in [2.45, 2.75) is 44.8 Å². The summed E-state index contributed by atoms with van der Waals surface area (Å²) in [7, 11) is 0. The van der Waals surface area contributed by atoms with Gasteiger partial charge in [0.05, 0.1) is 11.7 Å². The average Bonchev–Trinajstić information content (AvgIpc) is 2.51. The van der Waals surface area contributed by atoms with E-state index < -0.39 is 0 Å². The van der Waals surface area contributed by atoms with Crippen molar-refractivity contribution in [1.82, 2.24) is 5.32 Å². The fourth-order valence-corrected chi connectivity index (χ4v) is 4.17. The zero-order valence-electron chi connectivity index (χ0n) is 13.8. The van der Waals surface area contributed by atoms with Gasteiger partial charge in [-0.3, -0.25) is 4.79 Å². The highest BCUT2D eigenvalue weighted by Crippen LogP contribution is 2.57. The van der Waals surface area contributed by atoms with Crippen molar-refractivity contribution < 1.29 is 18.7 Å². The molecule has 2 saturated carbocycles. The molecule has 1 N–H and O–H groups in total. The topological polar surface area (TPSA) is 47.6 Å². The van der Waals surface area contributed by atoms with Crippen molar-refractivity contribution >= 4 is 12.0 Å². The van der Waals surface area contributed by atoms with Gasteiger partial charge in [0.15, 0.2) is 0 Å². The first-order valence-corrected chi connectivity index (χ1v) is 8.68. The molecule has 4 rings (SSSR count). The first kappa shape index (κ1) is 15.6. The molecule has 4 nitrogen and oxygen atoms in total. The molecular formula is C19H22FNO3. The molecule has 0 bridgehead atoms. The summed E-state index contributed by atoms with van der Waals surface area (Å²) in [4.78, 5) is 12.6. The Labute approximate surface area is 141 Å². The fourth-order valence-electron chi connectivity index (χ4n) is 4.17. The lowest BCUT2D eigenvalue weighted by atomic mass is 9.51. The monoisotopic (exact) mass is 331 g/mol. The van der Waals surface area contributed by atoms with Crippen molar-refractivity contribution in [2.75, 3.05) is 13.2 Å². The molecule has 2 atom stereocenters. The highest BCUT2D eigenvalue weighted by atomic mass is 19.1. The molecule has 1 aliphatic heterocycles. The number of ether oxygens (including phenoxy) is 2. The molecule has 24 heavy (non-hydrogen) atoms. The second kappa shape index (κ2) is 5.88. The lowest BCUT2D eigenvalue weighted by Gasteiger charge is -2.61. The van der Waals surface area contributed by atoms with Crippen molar-refractivity contribution in [3.63, 3.8) is 0 Å².